The summed E-state index contributed by atoms with van der Waals surface area (Å²) in [7, 11) is 4.02. The van der Waals surface area contributed by atoms with Crippen molar-refractivity contribution >= 4 is 29.1 Å². The third-order valence-electron chi connectivity index (χ3n) is 5.16. The largest absolute Gasteiger partial charge is 0.398 e. The number of anilines is 3. The van der Waals surface area contributed by atoms with Crippen LogP contribution < -0.4 is 11.1 Å². The molecule has 1 fully saturated rings. The van der Waals surface area contributed by atoms with Gasteiger partial charge >= 0.3 is 0 Å². The first kappa shape index (κ1) is 16.8. The number of aromatic nitrogens is 3. The lowest BCUT2D eigenvalue weighted by Gasteiger charge is -2.20. The highest BCUT2D eigenvalue weighted by atomic mass is 15.4. The zero-order valence-electron chi connectivity index (χ0n) is 15.3. The fourth-order valence-corrected chi connectivity index (χ4v) is 3.46. The van der Waals surface area contributed by atoms with Crippen molar-refractivity contribution in [3.63, 3.8) is 0 Å². The van der Waals surface area contributed by atoms with Crippen molar-refractivity contribution in [3.8, 4) is 0 Å². The molecule has 1 aliphatic heterocycles. The fraction of sp³-hybridized carbons (Fsp3) is 0.421. The average molecular weight is 351 g/mol. The van der Waals surface area contributed by atoms with Crippen molar-refractivity contribution in [1.29, 1.82) is 5.41 Å². The second-order valence-electron chi connectivity index (χ2n) is 7.20. The number of hydrogen-bond acceptors (Lipinski definition) is 6. The van der Waals surface area contributed by atoms with Gasteiger partial charge in [0, 0.05) is 43.3 Å². The fourth-order valence-electron chi connectivity index (χ4n) is 3.46. The van der Waals surface area contributed by atoms with E-state index >= 15 is 0 Å². The van der Waals surface area contributed by atoms with Gasteiger partial charge in [-0.1, -0.05) is 6.08 Å². The highest BCUT2D eigenvalue weighted by Gasteiger charge is 2.29. The van der Waals surface area contributed by atoms with Gasteiger partial charge in [-0.25, -0.2) is 4.68 Å². The molecule has 1 aromatic carbocycles. The SMILES string of the molecule is CN1CC=C(c2nc(Nc3ccc(N)c(C=N)c3C3CC3)n(C)n2)CC1. The topological polar surface area (TPSA) is 95.9 Å². The van der Waals surface area contributed by atoms with Crippen molar-refractivity contribution in [2.45, 2.75) is 25.2 Å². The van der Waals surface area contributed by atoms with Crippen molar-refractivity contribution in [3.05, 3.63) is 35.2 Å². The number of likely N-dealkylation sites (N-methyl/N-ethyl adjacent to an activating group) is 1. The predicted octanol–water partition coefficient (Wildman–Crippen LogP) is 2.73. The van der Waals surface area contributed by atoms with E-state index < -0.39 is 0 Å². The lowest BCUT2D eigenvalue weighted by Crippen LogP contribution is -2.23. The van der Waals surface area contributed by atoms with Crippen LogP contribution in [0.4, 0.5) is 17.3 Å². The summed E-state index contributed by atoms with van der Waals surface area (Å²) >= 11 is 0. The monoisotopic (exact) mass is 351 g/mol. The number of rotatable bonds is 5. The third-order valence-corrected chi connectivity index (χ3v) is 5.16. The van der Waals surface area contributed by atoms with Crippen molar-refractivity contribution in [2.75, 3.05) is 31.2 Å². The van der Waals surface area contributed by atoms with Crippen LogP contribution in [0.5, 0.6) is 0 Å². The Morgan fingerprint density at radius 1 is 1.31 bits per heavy atom. The molecule has 7 nitrogen and oxygen atoms in total. The summed E-state index contributed by atoms with van der Waals surface area (Å²) in [6.07, 6.45) is 6.81. The van der Waals surface area contributed by atoms with Crippen LogP contribution in [0.1, 0.15) is 42.1 Å². The van der Waals surface area contributed by atoms with Gasteiger partial charge < -0.3 is 21.4 Å². The van der Waals surface area contributed by atoms with E-state index in [2.05, 4.69) is 28.4 Å². The number of nitrogens with zero attached hydrogens (tertiary/aromatic N) is 4. The quantitative estimate of drug-likeness (QED) is 0.569. The van der Waals surface area contributed by atoms with Gasteiger partial charge in [0.2, 0.25) is 5.95 Å². The second-order valence-corrected chi connectivity index (χ2v) is 7.20. The number of hydrogen-bond donors (Lipinski definition) is 3. The van der Waals surface area contributed by atoms with Gasteiger partial charge in [0.25, 0.3) is 0 Å². The molecule has 1 saturated carbocycles. The van der Waals surface area contributed by atoms with Crippen LogP contribution in [0, 0.1) is 5.41 Å². The molecule has 0 unspecified atom stereocenters. The van der Waals surface area contributed by atoms with Crippen LogP contribution in [0.3, 0.4) is 0 Å². The summed E-state index contributed by atoms with van der Waals surface area (Å²) in [5.41, 5.74) is 10.9. The lowest BCUT2D eigenvalue weighted by molar-refractivity contribution is 0.369. The molecule has 26 heavy (non-hydrogen) atoms. The van der Waals surface area contributed by atoms with Gasteiger partial charge in [0.1, 0.15) is 0 Å². The van der Waals surface area contributed by atoms with E-state index in [1.54, 1.807) is 4.68 Å². The molecule has 7 heteroatoms. The molecule has 0 spiro atoms. The van der Waals surface area contributed by atoms with Gasteiger partial charge in [-0.2, -0.15) is 4.98 Å². The molecular formula is C19H25N7. The molecule has 2 aromatic rings. The molecule has 0 bridgehead atoms. The van der Waals surface area contributed by atoms with Crippen LogP contribution >= 0.6 is 0 Å². The number of nitrogen functional groups attached to an aromatic ring is 1. The van der Waals surface area contributed by atoms with E-state index in [1.807, 2.05) is 19.2 Å². The van der Waals surface area contributed by atoms with Gasteiger partial charge in [0.15, 0.2) is 5.82 Å². The van der Waals surface area contributed by atoms with Crippen molar-refractivity contribution in [1.82, 2.24) is 19.7 Å². The maximum Gasteiger partial charge on any atom is 0.225 e. The second kappa shape index (κ2) is 6.57. The predicted molar refractivity (Wildman–Crippen MR) is 105 cm³/mol. The molecule has 0 atom stereocenters. The van der Waals surface area contributed by atoms with Gasteiger partial charge in [0.05, 0.1) is 0 Å². The molecule has 1 aromatic heterocycles. The van der Waals surface area contributed by atoms with E-state index in [1.165, 1.54) is 11.8 Å². The molecule has 1 aliphatic carbocycles. The normalized spacial score (nSPS) is 17.8. The minimum Gasteiger partial charge on any atom is -0.398 e. The van der Waals surface area contributed by atoms with Crippen LogP contribution in [-0.4, -0.2) is 46.0 Å². The first-order valence-corrected chi connectivity index (χ1v) is 9.05. The average Bonchev–Trinajstić information content (AvgIpc) is 3.40. The molecule has 2 heterocycles. The summed E-state index contributed by atoms with van der Waals surface area (Å²) < 4.78 is 1.78. The zero-order chi connectivity index (χ0) is 18.3. The first-order valence-electron chi connectivity index (χ1n) is 9.05. The first-order chi connectivity index (χ1) is 12.6. The molecule has 4 N–H and O–H groups in total. The molecule has 0 saturated heterocycles. The molecule has 136 valence electrons. The molecule has 0 radical (unpaired) electrons. The van der Waals surface area contributed by atoms with E-state index in [0.717, 1.165) is 55.0 Å². The van der Waals surface area contributed by atoms with Gasteiger partial charge in [-0.15, -0.1) is 5.10 Å². The lowest BCUT2D eigenvalue weighted by atomic mass is 10.00. The Hall–Kier alpha value is -2.67. The number of nitrogens with one attached hydrogen (secondary N) is 2. The Morgan fingerprint density at radius 3 is 2.77 bits per heavy atom. The van der Waals surface area contributed by atoms with E-state index in [4.69, 9.17) is 16.1 Å². The Balaban J connectivity index is 1.65. The molecule has 0 amide bonds. The van der Waals surface area contributed by atoms with Crippen LogP contribution in [0.15, 0.2) is 18.2 Å². The molecule has 4 rings (SSSR count). The minimum atomic E-state index is 0.474. The van der Waals surface area contributed by atoms with Gasteiger partial charge in [-0.05, 0) is 55.5 Å². The molecule has 2 aliphatic rings. The smallest absolute Gasteiger partial charge is 0.225 e. The highest BCUT2D eigenvalue weighted by molar-refractivity contribution is 5.91. The molecular weight excluding hydrogens is 326 g/mol. The van der Waals surface area contributed by atoms with Gasteiger partial charge in [-0.3, -0.25) is 0 Å². The van der Waals surface area contributed by atoms with Crippen LogP contribution in [0.25, 0.3) is 5.57 Å². The number of nitrogens with two attached hydrogens (primary N) is 1. The van der Waals surface area contributed by atoms with E-state index in [9.17, 15) is 0 Å². The Kier molecular flexibility index (Phi) is 4.24. The number of aryl methyl sites for hydroxylation is 1. The zero-order valence-corrected chi connectivity index (χ0v) is 15.3. The highest BCUT2D eigenvalue weighted by Crippen LogP contribution is 2.46. The minimum absolute atomic E-state index is 0.474. The third kappa shape index (κ3) is 3.10. The summed E-state index contributed by atoms with van der Waals surface area (Å²) in [6.45, 7) is 1.96. The summed E-state index contributed by atoms with van der Waals surface area (Å²) in [6, 6.07) is 3.84. The van der Waals surface area contributed by atoms with Crippen molar-refractivity contribution < 1.29 is 0 Å². The van der Waals surface area contributed by atoms with Crippen molar-refractivity contribution in [2.24, 2.45) is 7.05 Å². The summed E-state index contributed by atoms with van der Waals surface area (Å²) in [5.74, 6) is 1.98. The van der Waals surface area contributed by atoms with Crippen LogP contribution in [-0.2, 0) is 7.05 Å². The van der Waals surface area contributed by atoms with E-state index in [-0.39, 0.29) is 0 Å². The van der Waals surface area contributed by atoms with Crippen LogP contribution in [0.2, 0.25) is 0 Å². The number of benzene rings is 1. The standard InChI is InChI=1S/C19H25N7/c1-25-9-7-13(8-10-25)18-23-19(26(2)24-18)22-16-6-5-15(21)14(11-20)17(16)12-3-4-12/h5-7,11-12,20H,3-4,8-10,21H2,1-2H3,(H,22,23,24). The summed E-state index contributed by atoms with van der Waals surface area (Å²) in [5, 5.41) is 15.8. The maximum atomic E-state index is 7.74. The Bertz CT molecular complexity index is 876. The summed E-state index contributed by atoms with van der Waals surface area (Å²) in [4.78, 5) is 7.00. The van der Waals surface area contributed by atoms with E-state index in [0.29, 0.717) is 17.6 Å². The Labute approximate surface area is 153 Å². The maximum absolute atomic E-state index is 7.74. The Morgan fingerprint density at radius 2 is 2.12 bits per heavy atom.